The number of rotatable bonds is 9. The van der Waals surface area contributed by atoms with E-state index in [1.54, 1.807) is 0 Å². The molecule has 5 rings (SSSR count). The van der Waals surface area contributed by atoms with E-state index in [0.29, 0.717) is 24.8 Å². The summed E-state index contributed by atoms with van der Waals surface area (Å²) < 4.78 is 9.93. The van der Waals surface area contributed by atoms with Gasteiger partial charge in [-0.3, -0.25) is 9.96 Å². The molecule has 1 heterocycles. The van der Waals surface area contributed by atoms with Crippen LogP contribution < -0.4 is 9.34 Å². The molecule has 1 aliphatic rings. The van der Waals surface area contributed by atoms with Gasteiger partial charge in [-0.15, -0.1) is 0 Å². The zero-order valence-electron chi connectivity index (χ0n) is 22.2. The number of nitrogens with zero attached hydrogens (tertiary/aromatic N) is 2. The molecular formula is C33H34N3O2P. The fourth-order valence-corrected chi connectivity index (χ4v) is 8.53. The Hall–Kier alpha value is -4.08. The molecule has 5 nitrogen and oxygen atoms in total. The van der Waals surface area contributed by atoms with Crippen molar-refractivity contribution in [2.24, 2.45) is 5.92 Å². The van der Waals surface area contributed by atoms with E-state index in [0.717, 1.165) is 28.1 Å². The summed E-state index contributed by atoms with van der Waals surface area (Å²) in [7, 11) is -3.01. The summed E-state index contributed by atoms with van der Waals surface area (Å²) in [4.78, 5) is 13.6. The zero-order chi connectivity index (χ0) is 27.2. The molecule has 1 saturated heterocycles. The van der Waals surface area contributed by atoms with Gasteiger partial charge in [-0.05, 0) is 54.3 Å². The van der Waals surface area contributed by atoms with Gasteiger partial charge in [0.1, 0.15) is 0 Å². The van der Waals surface area contributed by atoms with Crippen molar-refractivity contribution < 1.29 is 9.53 Å². The number of hydrogen-bond acceptors (Lipinski definition) is 3. The van der Waals surface area contributed by atoms with Crippen molar-refractivity contribution in [3.63, 3.8) is 0 Å². The van der Waals surface area contributed by atoms with E-state index in [-0.39, 0.29) is 12.6 Å². The van der Waals surface area contributed by atoms with Gasteiger partial charge in [0.15, 0.2) is 7.36 Å². The molecular weight excluding hydrogens is 501 g/mol. The Morgan fingerprint density at radius 3 is 1.85 bits per heavy atom. The van der Waals surface area contributed by atoms with E-state index in [9.17, 15) is 9.96 Å². The fourth-order valence-electron chi connectivity index (χ4n) is 5.33. The summed E-state index contributed by atoms with van der Waals surface area (Å²) in [5.74, 6) is -0.999. The summed E-state index contributed by atoms with van der Waals surface area (Å²) in [6.07, 6.45) is 0.411. The molecule has 0 aliphatic carbocycles. The van der Waals surface area contributed by atoms with Crippen LogP contribution in [0.25, 0.3) is 11.1 Å². The number of benzene rings is 4. The van der Waals surface area contributed by atoms with Crippen molar-refractivity contribution in [3.05, 3.63) is 133 Å². The summed E-state index contributed by atoms with van der Waals surface area (Å²) >= 11 is 0. The normalized spacial score (nSPS) is 15.1. The maximum atomic E-state index is 13.6. The molecule has 6 heteroatoms. The lowest BCUT2D eigenvalue weighted by Gasteiger charge is -2.39. The van der Waals surface area contributed by atoms with Crippen molar-refractivity contribution >= 4 is 24.7 Å². The lowest BCUT2D eigenvalue weighted by atomic mass is 9.92. The van der Waals surface area contributed by atoms with E-state index in [1.165, 1.54) is 0 Å². The van der Waals surface area contributed by atoms with Crippen LogP contribution in [0.5, 0.6) is 0 Å². The monoisotopic (exact) mass is 535 g/mol. The lowest BCUT2D eigenvalue weighted by molar-refractivity contribution is -0.146. The highest BCUT2D eigenvalue weighted by Gasteiger charge is 2.45. The summed E-state index contributed by atoms with van der Waals surface area (Å²) in [5.41, 5.74) is 5.13. The van der Waals surface area contributed by atoms with Gasteiger partial charge in [0, 0.05) is 29.8 Å². The molecule has 198 valence electrons. The smallest absolute Gasteiger partial charge is 0.313 e. The van der Waals surface area contributed by atoms with Crippen LogP contribution in [0.3, 0.4) is 0 Å². The molecule has 1 aliphatic heterocycles. The number of carbonyl (C=O) groups is 1. The Labute approximate surface area is 231 Å². The van der Waals surface area contributed by atoms with Crippen molar-refractivity contribution in [2.45, 2.75) is 13.3 Å². The number of ether oxygens (including phenoxy) is 1. The van der Waals surface area contributed by atoms with Gasteiger partial charge < -0.3 is 14.1 Å². The lowest BCUT2D eigenvalue weighted by Crippen LogP contribution is -2.28. The van der Waals surface area contributed by atoms with Gasteiger partial charge in [0.05, 0.1) is 12.5 Å². The van der Waals surface area contributed by atoms with E-state index < -0.39 is 13.3 Å². The summed E-state index contributed by atoms with van der Waals surface area (Å²) in [6, 6.07) is 38.5. The van der Waals surface area contributed by atoms with E-state index in [4.69, 9.17) is 4.74 Å². The molecule has 0 aromatic heterocycles. The average molecular weight is 536 g/mol. The standard InChI is InChI=1S/C33H34N3O2P/c1-3-38-33(37)32(25-28-17-13-14-22-31(28)27-15-7-4-8-16-27)26(2)39(34)35(29-18-9-5-10-19-29)23-24-36(39)30-20-11-6-12-21-30/h4-22,32,34H,2-3,23-25H2,1H3. The third-order valence-electron chi connectivity index (χ3n) is 7.23. The molecule has 0 bridgehead atoms. The number of esters is 1. The third kappa shape index (κ3) is 5.28. The van der Waals surface area contributed by atoms with Gasteiger partial charge in [-0.2, -0.15) is 0 Å². The minimum Gasteiger partial charge on any atom is -0.466 e. The quantitative estimate of drug-likeness (QED) is 0.173. The summed E-state index contributed by atoms with van der Waals surface area (Å²) in [6.45, 7) is 7.98. The number of anilines is 2. The molecule has 4 aromatic carbocycles. The molecule has 39 heavy (non-hydrogen) atoms. The first-order valence-corrected chi connectivity index (χ1v) is 15.0. The fraction of sp³-hybridized carbons (Fsp3) is 0.182. The second kappa shape index (κ2) is 11.8. The molecule has 1 atom stereocenters. The largest absolute Gasteiger partial charge is 0.466 e. The molecule has 0 spiro atoms. The highest BCUT2D eigenvalue weighted by atomic mass is 31.2. The minimum atomic E-state index is -3.01. The topological polar surface area (TPSA) is 56.6 Å². The van der Waals surface area contributed by atoms with Gasteiger partial charge in [0.2, 0.25) is 0 Å². The minimum absolute atomic E-state index is 0.275. The molecule has 4 aromatic rings. The van der Waals surface area contributed by atoms with Crippen molar-refractivity contribution in [1.82, 2.24) is 0 Å². The Morgan fingerprint density at radius 1 is 0.821 bits per heavy atom. The Bertz CT molecular complexity index is 1420. The third-order valence-corrected chi connectivity index (χ3v) is 10.6. The van der Waals surface area contributed by atoms with Crippen molar-refractivity contribution in [3.8, 4) is 11.1 Å². The Kier molecular flexibility index (Phi) is 7.99. The number of hydrogen-bond donors (Lipinski definition) is 1. The average Bonchev–Trinajstić information content (AvgIpc) is 3.35. The maximum absolute atomic E-state index is 13.6. The van der Waals surface area contributed by atoms with Crippen LogP contribution in [-0.4, -0.2) is 25.7 Å². The molecule has 1 unspecified atom stereocenters. The van der Waals surface area contributed by atoms with Crippen LogP contribution in [0.1, 0.15) is 12.5 Å². The maximum Gasteiger partial charge on any atom is 0.313 e. The number of para-hydroxylation sites is 2. The Morgan fingerprint density at radius 2 is 1.31 bits per heavy atom. The molecule has 0 saturated carbocycles. The molecule has 1 N–H and O–H groups in total. The highest BCUT2D eigenvalue weighted by Crippen LogP contribution is 2.67. The van der Waals surface area contributed by atoms with E-state index in [1.807, 2.05) is 97.9 Å². The first-order valence-electron chi connectivity index (χ1n) is 13.3. The van der Waals surface area contributed by atoms with E-state index >= 15 is 0 Å². The van der Waals surface area contributed by atoms with Crippen molar-refractivity contribution in [2.75, 3.05) is 29.0 Å². The highest BCUT2D eigenvalue weighted by molar-refractivity contribution is 7.72. The van der Waals surface area contributed by atoms with E-state index in [2.05, 4.69) is 40.2 Å². The van der Waals surface area contributed by atoms with Crippen LogP contribution >= 0.6 is 7.36 Å². The van der Waals surface area contributed by atoms with Crippen LogP contribution in [-0.2, 0) is 16.0 Å². The van der Waals surface area contributed by atoms with Crippen LogP contribution in [0.4, 0.5) is 11.4 Å². The van der Waals surface area contributed by atoms with Crippen LogP contribution in [0.15, 0.2) is 127 Å². The second-order valence-corrected chi connectivity index (χ2v) is 12.3. The number of nitrogens with one attached hydrogen (secondary N) is 1. The Balaban J connectivity index is 1.60. The van der Waals surface area contributed by atoms with Crippen LogP contribution in [0.2, 0.25) is 0 Å². The predicted molar refractivity (Wildman–Crippen MR) is 162 cm³/mol. The zero-order valence-corrected chi connectivity index (χ0v) is 23.1. The SMILES string of the molecule is C=C(C(Cc1ccccc1-c1ccccc1)C(=O)OCC)P1(=N)N(c2ccccc2)CCN1c1ccccc1. The van der Waals surface area contributed by atoms with Gasteiger partial charge in [0.25, 0.3) is 0 Å². The van der Waals surface area contributed by atoms with Crippen LogP contribution in [0, 0.1) is 11.1 Å². The first kappa shape index (κ1) is 26.5. The van der Waals surface area contributed by atoms with Gasteiger partial charge in [-0.1, -0.05) is 97.6 Å². The summed E-state index contributed by atoms with van der Waals surface area (Å²) in [5, 5.41) is 10.8. The second-order valence-electron chi connectivity index (χ2n) is 9.54. The molecule has 0 radical (unpaired) electrons. The number of carbonyl (C=O) groups excluding carboxylic acids is 1. The van der Waals surface area contributed by atoms with Crippen molar-refractivity contribution in [1.29, 1.82) is 5.16 Å². The van der Waals surface area contributed by atoms with Gasteiger partial charge >= 0.3 is 5.97 Å². The predicted octanol–water partition coefficient (Wildman–Crippen LogP) is 8.23. The first-order chi connectivity index (χ1) is 19.0. The van der Waals surface area contributed by atoms with Gasteiger partial charge in [-0.25, -0.2) is 0 Å². The molecule has 1 fully saturated rings. The molecule has 0 amide bonds.